The van der Waals surface area contributed by atoms with Gasteiger partial charge in [0.1, 0.15) is 0 Å². The van der Waals surface area contributed by atoms with Crippen molar-refractivity contribution >= 4 is 0 Å². The van der Waals surface area contributed by atoms with Crippen molar-refractivity contribution in [3.05, 3.63) is 12.2 Å². The maximum absolute atomic E-state index is 4.93. The molecular formula is C7H14O2. The highest BCUT2D eigenvalue weighted by Gasteiger charge is 1.98. The molecule has 0 bridgehead atoms. The quantitative estimate of drug-likeness (QED) is 0.425. The fourth-order valence-corrected chi connectivity index (χ4v) is 0.536. The van der Waals surface area contributed by atoms with Crippen molar-refractivity contribution in [3.8, 4) is 0 Å². The van der Waals surface area contributed by atoms with Gasteiger partial charge in [0.2, 0.25) is 0 Å². The van der Waals surface area contributed by atoms with Crippen LogP contribution in [0, 0.1) is 0 Å². The molecule has 54 valence electrons. The van der Waals surface area contributed by atoms with E-state index in [4.69, 9.17) is 9.47 Å². The van der Waals surface area contributed by atoms with Gasteiger partial charge in [0.25, 0.3) is 0 Å². The van der Waals surface area contributed by atoms with E-state index in [1.807, 2.05) is 19.1 Å². The summed E-state index contributed by atoms with van der Waals surface area (Å²) in [6.07, 6.45) is 4.73. The Morgan fingerprint density at radius 1 is 1.33 bits per heavy atom. The van der Waals surface area contributed by atoms with E-state index in [9.17, 15) is 0 Å². The van der Waals surface area contributed by atoms with Crippen LogP contribution in [0.2, 0.25) is 0 Å². The van der Waals surface area contributed by atoms with Crippen molar-refractivity contribution in [1.29, 1.82) is 0 Å². The molecule has 0 N–H and O–H groups in total. The van der Waals surface area contributed by atoms with E-state index in [2.05, 4.69) is 0 Å². The molecule has 9 heavy (non-hydrogen) atoms. The minimum Gasteiger partial charge on any atom is -0.356 e. The van der Waals surface area contributed by atoms with Gasteiger partial charge in [-0.2, -0.15) is 0 Å². The molecule has 0 unspecified atom stereocenters. The highest BCUT2D eigenvalue weighted by Crippen LogP contribution is 1.97. The summed E-state index contributed by atoms with van der Waals surface area (Å²) < 4.78 is 9.86. The van der Waals surface area contributed by atoms with Gasteiger partial charge in [-0.1, -0.05) is 12.2 Å². The van der Waals surface area contributed by atoms with Gasteiger partial charge in [-0.25, -0.2) is 0 Å². The first-order chi connectivity index (χ1) is 4.35. The standard InChI is InChI=1S/C7H14O2/c1-4-5-6-7(8-2)9-3/h4-5,7H,6H2,1-3H3. The highest BCUT2D eigenvalue weighted by atomic mass is 16.7. The predicted molar refractivity (Wildman–Crippen MR) is 37.2 cm³/mol. The molecule has 2 heteroatoms. The molecule has 0 saturated heterocycles. The van der Waals surface area contributed by atoms with Crippen LogP contribution in [0.4, 0.5) is 0 Å². The third-order valence-electron chi connectivity index (χ3n) is 1.09. The lowest BCUT2D eigenvalue weighted by molar-refractivity contribution is -0.0986. The molecule has 0 aliphatic rings. The van der Waals surface area contributed by atoms with E-state index in [0.29, 0.717) is 0 Å². The zero-order chi connectivity index (χ0) is 7.11. The molecule has 2 nitrogen and oxygen atoms in total. The summed E-state index contributed by atoms with van der Waals surface area (Å²) in [4.78, 5) is 0. The van der Waals surface area contributed by atoms with Crippen LogP contribution in [0.1, 0.15) is 13.3 Å². The summed E-state index contributed by atoms with van der Waals surface area (Å²) in [5.41, 5.74) is 0. The van der Waals surface area contributed by atoms with Crippen molar-refractivity contribution in [2.45, 2.75) is 19.6 Å². The van der Waals surface area contributed by atoms with Crippen molar-refractivity contribution in [2.24, 2.45) is 0 Å². The normalized spacial score (nSPS) is 11.6. The van der Waals surface area contributed by atoms with Gasteiger partial charge in [-0.15, -0.1) is 0 Å². The van der Waals surface area contributed by atoms with E-state index in [1.165, 1.54) is 0 Å². The fourth-order valence-electron chi connectivity index (χ4n) is 0.536. The first kappa shape index (κ1) is 8.66. The molecule has 0 aromatic rings. The molecule has 0 spiro atoms. The van der Waals surface area contributed by atoms with Crippen LogP contribution in [0.25, 0.3) is 0 Å². The minimum absolute atomic E-state index is 0.0822. The Hall–Kier alpha value is -0.340. The highest BCUT2D eigenvalue weighted by molar-refractivity contribution is 4.77. The molecule has 0 heterocycles. The van der Waals surface area contributed by atoms with Gasteiger partial charge in [-0.3, -0.25) is 0 Å². The van der Waals surface area contributed by atoms with Gasteiger partial charge in [0.15, 0.2) is 6.29 Å². The van der Waals surface area contributed by atoms with E-state index in [0.717, 1.165) is 6.42 Å². The molecule has 0 atom stereocenters. The van der Waals surface area contributed by atoms with Crippen LogP contribution in [-0.4, -0.2) is 20.5 Å². The number of hydrogen-bond donors (Lipinski definition) is 0. The zero-order valence-electron chi connectivity index (χ0n) is 6.26. The second kappa shape index (κ2) is 5.79. The summed E-state index contributed by atoms with van der Waals surface area (Å²) in [7, 11) is 3.27. The number of allylic oxidation sites excluding steroid dienone is 1. The lowest BCUT2D eigenvalue weighted by Crippen LogP contribution is -2.10. The smallest absolute Gasteiger partial charge is 0.160 e. The third kappa shape index (κ3) is 4.18. The second-order valence-corrected chi connectivity index (χ2v) is 1.71. The van der Waals surface area contributed by atoms with Gasteiger partial charge >= 0.3 is 0 Å². The molecule has 0 radical (unpaired) electrons. The van der Waals surface area contributed by atoms with E-state index in [1.54, 1.807) is 14.2 Å². The Balaban J connectivity index is 3.31. The van der Waals surface area contributed by atoms with Gasteiger partial charge in [-0.05, 0) is 6.92 Å². The molecule has 0 aliphatic heterocycles. The van der Waals surface area contributed by atoms with Gasteiger partial charge in [0, 0.05) is 20.6 Å². The van der Waals surface area contributed by atoms with Crippen LogP contribution < -0.4 is 0 Å². The maximum atomic E-state index is 4.93. The largest absolute Gasteiger partial charge is 0.356 e. The molecule has 0 rings (SSSR count). The van der Waals surface area contributed by atoms with Crippen LogP contribution >= 0.6 is 0 Å². The Morgan fingerprint density at radius 2 is 1.89 bits per heavy atom. The van der Waals surface area contributed by atoms with E-state index in [-0.39, 0.29) is 6.29 Å². The van der Waals surface area contributed by atoms with Crippen molar-refractivity contribution in [2.75, 3.05) is 14.2 Å². The molecular weight excluding hydrogens is 116 g/mol. The second-order valence-electron chi connectivity index (χ2n) is 1.71. The fraction of sp³-hybridized carbons (Fsp3) is 0.714. The lowest BCUT2D eigenvalue weighted by atomic mass is 10.4. The SMILES string of the molecule is CC=CCC(OC)OC. The summed E-state index contributed by atoms with van der Waals surface area (Å²) in [5, 5.41) is 0. The molecule has 0 saturated carbocycles. The first-order valence-corrected chi connectivity index (χ1v) is 3.02. The Kier molecular flexibility index (Phi) is 5.57. The molecule has 0 aromatic heterocycles. The predicted octanol–water partition coefficient (Wildman–Crippen LogP) is 1.57. The Labute approximate surface area is 56.5 Å². The number of ether oxygens (including phenoxy) is 2. The number of rotatable bonds is 4. The number of hydrogen-bond acceptors (Lipinski definition) is 2. The van der Waals surface area contributed by atoms with Crippen LogP contribution in [0.5, 0.6) is 0 Å². The summed E-state index contributed by atoms with van der Waals surface area (Å²) in [6.45, 7) is 1.97. The monoisotopic (exact) mass is 130 g/mol. The number of methoxy groups -OCH3 is 2. The van der Waals surface area contributed by atoms with E-state index < -0.39 is 0 Å². The average Bonchev–Trinajstić information content (AvgIpc) is 1.91. The van der Waals surface area contributed by atoms with Crippen molar-refractivity contribution < 1.29 is 9.47 Å². The van der Waals surface area contributed by atoms with Gasteiger partial charge < -0.3 is 9.47 Å². The Morgan fingerprint density at radius 3 is 2.22 bits per heavy atom. The summed E-state index contributed by atoms with van der Waals surface area (Å²) >= 11 is 0. The third-order valence-corrected chi connectivity index (χ3v) is 1.09. The zero-order valence-corrected chi connectivity index (χ0v) is 6.26. The topological polar surface area (TPSA) is 18.5 Å². The maximum Gasteiger partial charge on any atom is 0.160 e. The van der Waals surface area contributed by atoms with Crippen molar-refractivity contribution in [3.63, 3.8) is 0 Å². The Bertz CT molecular complexity index is 75.0. The average molecular weight is 130 g/mol. The van der Waals surface area contributed by atoms with Crippen LogP contribution in [-0.2, 0) is 9.47 Å². The van der Waals surface area contributed by atoms with Crippen LogP contribution in [0.3, 0.4) is 0 Å². The lowest BCUT2D eigenvalue weighted by Gasteiger charge is -2.09. The van der Waals surface area contributed by atoms with Gasteiger partial charge in [0.05, 0.1) is 0 Å². The summed E-state index contributed by atoms with van der Waals surface area (Å²) in [6, 6.07) is 0. The van der Waals surface area contributed by atoms with Crippen LogP contribution in [0.15, 0.2) is 12.2 Å². The molecule has 0 fully saturated rings. The van der Waals surface area contributed by atoms with Crippen molar-refractivity contribution in [1.82, 2.24) is 0 Å². The molecule has 0 aliphatic carbocycles. The first-order valence-electron chi connectivity index (χ1n) is 3.02. The summed E-state index contributed by atoms with van der Waals surface area (Å²) in [5.74, 6) is 0. The minimum atomic E-state index is -0.0822. The molecule has 0 aromatic carbocycles. The molecule has 0 amide bonds. The van der Waals surface area contributed by atoms with E-state index >= 15 is 0 Å².